The normalized spacial score (nSPS) is 9.95. The summed E-state index contributed by atoms with van der Waals surface area (Å²) in [4.78, 5) is 21.7. The zero-order chi connectivity index (χ0) is 15.4. The Morgan fingerprint density at radius 2 is 1.81 bits per heavy atom. The van der Waals surface area contributed by atoms with Gasteiger partial charge in [0.15, 0.2) is 0 Å². The molecule has 0 saturated carbocycles. The van der Waals surface area contributed by atoms with Gasteiger partial charge in [-0.1, -0.05) is 0 Å². The Labute approximate surface area is 118 Å². The topological polar surface area (TPSA) is 110 Å². The zero-order valence-corrected chi connectivity index (χ0v) is 10.7. The zero-order valence-electron chi connectivity index (χ0n) is 10.7. The summed E-state index contributed by atoms with van der Waals surface area (Å²) in [6.07, 6.45) is 0. The van der Waals surface area contributed by atoms with E-state index in [0.717, 1.165) is 6.07 Å². The van der Waals surface area contributed by atoms with Crippen molar-refractivity contribution in [3.05, 3.63) is 58.4 Å². The van der Waals surface area contributed by atoms with Gasteiger partial charge in [-0.05, 0) is 30.3 Å². The molecule has 2 aromatic carbocycles. The molecular weight excluding hydrogens is 279 g/mol. The lowest BCUT2D eigenvalue weighted by Crippen LogP contribution is -2.20. The lowest BCUT2D eigenvalue weighted by Gasteiger charge is -2.09. The molecule has 0 heterocycles. The molecule has 4 N–H and O–H groups in total. The molecule has 2 amide bonds. The van der Waals surface area contributed by atoms with E-state index in [2.05, 4.69) is 10.6 Å². The molecule has 8 heteroatoms. The van der Waals surface area contributed by atoms with Gasteiger partial charge in [-0.2, -0.15) is 0 Å². The standard InChI is InChI=1S/C13H11FN4O3/c14-8-1-6-11(15)12(7-8)17-13(19)16-9-2-4-10(5-3-9)18(20)21/h1-7H,15H2,(H2,16,17,19). The Kier molecular flexibility index (Phi) is 3.98. The summed E-state index contributed by atoms with van der Waals surface area (Å²) >= 11 is 0. The number of hydrogen-bond donors (Lipinski definition) is 3. The largest absolute Gasteiger partial charge is 0.397 e. The first-order valence-corrected chi connectivity index (χ1v) is 5.83. The maximum Gasteiger partial charge on any atom is 0.323 e. The molecule has 0 aromatic heterocycles. The predicted molar refractivity (Wildman–Crippen MR) is 76.6 cm³/mol. The van der Waals surface area contributed by atoms with Crippen molar-refractivity contribution in [2.75, 3.05) is 16.4 Å². The molecule has 2 rings (SSSR count). The van der Waals surface area contributed by atoms with E-state index in [1.807, 2.05) is 0 Å². The third-order valence-electron chi connectivity index (χ3n) is 2.60. The first-order chi connectivity index (χ1) is 9.95. The fraction of sp³-hybridized carbons (Fsp3) is 0. The average Bonchev–Trinajstić information content (AvgIpc) is 2.43. The number of nitrogens with two attached hydrogens (primary N) is 1. The van der Waals surface area contributed by atoms with Gasteiger partial charge >= 0.3 is 6.03 Å². The number of nitrogen functional groups attached to an aromatic ring is 1. The van der Waals surface area contributed by atoms with Crippen LogP contribution >= 0.6 is 0 Å². The SMILES string of the molecule is Nc1ccc(F)cc1NC(=O)Nc1ccc([N+](=O)[O-])cc1. The van der Waals surface area contributed by atoms with Crippen molar-refractivity contribution in [1.29, 1.82) is 0 Å². The number of non-ortho nitro benzene ring substituents is 1. The van der Waals surface area contributed by atoms with Crippen molar-refractivity contribution < 1.29 is 14.1 Å². The summed E-state index contributed by atoms with van der Waals surface area (Å²) in [5.74, 6) is -0.533. The van der Waals surface area contributed by atoms with Crippen molar-refractivity contribution in [3.63, 3.8) is 0 Å². The van der Waals surface area contributed by atoms with E-state index in [-0.39, 0.29) is 17.1 Å². The van der Waals surface area contributed by atoms with Crippen molar-refractivity contribution in [2.45, 2.75) is 0 Å². The quantitative estimate of drug-likeness (QED) is 0.458. The highest BCUT2D eigenvalue weighted by molar-refractivity contribution is 6.01. The predicted octanol–water partition coefficient (Wildman–Crippen LogP) is 2.96. The van der Waals surface area contributed by atoms with Crippen LogP contribution in [0.5, 0.6) is 0 Å². The van der Waals surface area contributed by atoms with Gasteiger partial charge < -0.3 is 16.4 Å². The van der Waals surface area contributed by atoms with Gasteiger partial charge in [0, 0.05) is 17.8 Å². The molecule has 0 unspecified atom stereocenters. The van der Waals surface area contributed by atoms with Crippen LogP contribution in [0.1, 0.15) is 0 Å². The molecule has 0 aliphatic heterocycles. The Bertz CT molecular complexity index is 688. The molecule has 0 aliphatic rings. The summed E-state index contributed by atoms with van der Waals surface area (Å²) in [6, 6.07) is 8.23. The summed E-state index contributed by atoms with van der Waals surface area (Å²) in [6.45, 7) is 0. The Morgan fingerprint density at radius 3 is 2.43 bits per heavy atom. The number of nitro benzene ring substituents is 1. The molecular formula is C13H11FN4O3. The van der Waals surface area contributed by atoms with Crippen molar-refractivity contribution in [2.24, 2.45) is 0 Å². The van der Waals surface area contributed by atoms with Crippen molar-refractivity contribution >= 4 is 28.8 Å². The van der Waals surface area contributed by atoms with E-state index in [4.69, 9.17) is 5.73 Å². The lowest BCUT2D eigenvalue weighted by molar-refractivity contribution is -0.384. The van der Waals surface area contributed by atoms with Crippen LogP contribution in [0.2, 0.25) is 0 Å². The second-order valence-electron chi connectivity index (χ2n) is 4.11. The molecule has 0 saturated heterocycles. The Balaban J connectivity index is 2.04. The van der Waals surface area contributed by atoms with Crippen LogP contribution in [-0.4, -0.2) is 11.0 Å². The monoisotopic (exact) mass is 290 g/mol. The molecule has 108 valence electrons. The van der Waals surface area contributed by atoms with Gasteiger partial charge in [0.05, 0.1) is 16.3 Å². The summed E-state index contributed by atoms with van der Waals surface area (Å²) in [7, 11) is 0. The maximum atomic E-state index is 13.1. The minimum absolute atomic E-state index is 0.0877. The first-order valence-electron chi connectivity index (χ1n) is 5.83. The minimum atomic E-state index is -0.638. The molecule has 0 fully saturated rings. The molecule has 0 radical (unpaired) electrons. The van der Waals surface area contributed by atoms with E-state index in [1.54, 1.807) is 0 Å². The van der Waals surface area contributed by atoms with Gasteiger partial charge in [-0.25, -0.2) is 9.18 Å². The summed E-state index contributed by atoms with van der Waals surface area (Å²) < 4.78 is 13.1. The number of amides is 2. The second kappa shape index (κ2) is 5.87. The van der Waals surface area contributed by atoms with Crippen LogP contribution in [0.4, 0.5) is 31.9 Å². The van der Waals surface area contributed by atoms with Gasteiger partial charge in [0.1, 0.15) is 5.82 Å². The van der Waals surface area contributed by atoms with Crippen molar-refractivity contribution in [3.8, 4) is 0 Å². The number of urea groups is 1. The van der Waals surface area contributed by atoms with E-state index in [0.29, 0.717) is 5.69 Å². The van der Waals surface area contributed by atoms with Gasteiger partial charge in [-0.15, -0.1) is 0 Å². The second-order valence-corrected chi connectivity index (χ2v) is 4.11. The number of nitro groups is 1. The maximum absolute atomic E-state index is 13.1. The van der Waals surface area contributed by atoms with E-state index < -0.39 is 16.8 Å². The Hall–Kier alpha value is -3.16. The number of carbonyl (C=O) groups excluding carboxylic acids is 1. The van der Waals surface area contributed by atoms with Gasteiger partial charge in [-0.3, -0.25) is 10.1 Å². The van der Waals surface area contributed by atoms with E-state index in [1.165, 1.54) is 36.4 Å². The van der Waals surface area contributed by atoms with Crippen LogP contribution in [-0.2, 0) is 0 Å². The summed E-state index contributed by atoms with van der Waals surface area (Å²) in [5, 5.41) is 15.3. The number of nitrogens with one attached hydrogen (secondary N) is 2. The van der Waals surface area contributed by atoms with Crippen LogP contribution in [0.25, 0.3) is 0 Å². The molecule has 21 heavy (non-hydrogen) atoms. The van der Waals surface area contributed by atoms with Crippen LogP contribution in [0.15, 0.2) is 42.5 Å². The number of carbonyl (C=O) groups is 1. The van der Waals surface area contributed by atoms with Crippen LogP contribution in [0, 0.1) is 15.9 Å². The third kappa shape index (κ3) is 3.66. The fourth-order valence-electron chi connectivity index (χ4n) is 1.59. The number of nitrogens with zero attached hydrogens (tertiary/aromatic N) is 1. The van der Waals surface area contributed by atoms with Gasteiger partial charge in [0.25, 0.3) is 5.69 Å². The highest BCUT2D eigenvalue weighted by Gasteiger charge is 2.08. The molecule has 0 bridgehead atoms. The number of benzene rings is 2. The minimum Gasteiger partial charge on any atom is -0.397 e. The molecule has 7 nitrogen and oxygen atoms in total. The number of halogens is 1. The summed E-state index contributed by atoms with van der Waals surface area (Å²) in [5.41, 5.74) is 6.22. The molecule has 0 atom stereocenters. The number of rotatable bonds is 3. The molecule has 0 aliphatic carbocycles. The van der Waals surface area contributed by atoms with Crippen LogP contribution in [0.3, 0.4) is 0 Å². The average molecular weight is 290 g/mol. The highest BCUT2D eigenvalue weighted by Crippen LogP contribution is 2.20. The fourth-order valence-corrected chi connectivity index (χ4v) is 1.59. The highest BCUT2D eigenvalue weighted by atomic mass is 19.1. The molecule has 2 aromatic rings. The van der Waals surface area contributed by atoms with Crippen molar-refractivity contribution in [1.82, 2.24) is 0 Å². The van der Waals surface area contributed by atoms with Gasteiger partial charge in [0.2, 0.25) is 0 Å². The molecule has 0 spiro atoms. The third-order valence-corrected chi connectivity index (χ3v) is 2.60. The lowest BCUT2D eigenvalue weighted by atomic mass is 10.2. The van der Waals surface area contributed by atoms with E-state index >= 15 is 0 Å². The van der Waals surface area contributed by atoms with Crippen LogP contribution < -0.4 is 16.4 Å². The number of anilines is 3. The van der Waals surface area contributed by atoms with E-state index in [9.17, 15) is 19.3 Å². The smallest absolute Gasteiger partial charge is 0.323 e. The first kappa shape index (κ1) is 14.3. The number of hydrogen-bond acceptors (Lipinski definition) is 4. The Morgan fingerprint density at radius 1 is 1.14 bits per heavy atom.